The third kappa shape index (κ3) is 2.83. The van der Waals surface area contributed by atoms with Gasteiger partial charge in [0.1, 0.15) is 6.29 Å². The lowest BCUT2D eigenvalue weighted by Gasteiger charge is -2.31. The zero-order valence-corrected chi connectivity index (χ0v) is 10.3. The average molecular weight is 225 g/mol. The molecule has 0 spiro atoms. The number of hydrogen-bond acceptors (Lipinski definition) is 3. The zero-order valence-electron chi connectivity index (χ0n) is 10.3. The average Bonchev–Trinajstić information content (AvgIpc) is 3.05. The van der Waals surface area contributed by atoms with Crippen LogP contribution in [0.15, 0.2) is 0 Å². The molecular formula is C13H23NO2. The Balaban J connectivity index is 1.90. The summed E-state index contributed by atoms with van der Waals surface area (Å²) in [4.78, 5) is 13.8. The zero-order chi connectivity index (χ0) is 11.4. The van der Waals surface area contributed by atoms with E-state index in [-0.39, 0.29) is 5.41 Å². The molecule has 2 aliphatic rings. The van der Waals surface area contributed by atoms with Crippen molar-refractivity contribution in [3.05, 3.63) is 0 Å². The second kappa shape index (κ2) is 5.28. The van der Waals surface area contributed by atoms with E-state index in [4.69, 9.17) is 4.74 Å². The van der Waals surface area contributed by atoms with Gasteiger partial charge in [0, 0.05) is 31.7 Å². The Morgan fingerprint density at radius 2 is 2.06 bits per heavy atom. The molecule has 0 atom stereocenters. The van der Waals surface area contributed by atoms with E-state index < -0.39 is 0 Å². The van der Waals surface area contributed by atoms with Crippen molar-refractivity contribution in [2.75, 3.05) is 26.8 Å². The molecular weight excluding hydrogens is 202 g/mol. The summed E-state index contributed by atoms with van der Waals surface area (Å²) < 4.78 is 5.15. The highest BCUT2D eigenvalue weighted by Crippen LogP contribution is 2.39. The van der Waals surface area contributed by atoms with Crippen molar-refractivity contribution >= 4 is 6.29 Å². The molecule has 0 heterocycles. The van der Waals surface area contributed by atoms with E-state index in [1.54, 1.807) is 7.11 Å². The Hall–Kier alpha value is -0.410. The van der Waals surface area contributed by atoms with E-state index in [9.17, 15) is 4.79 Å². The van der Waals surface area contributed by atoms with Crippen LogP contribution >= 0.6 is 0 Å². The van der Waals surface area contributed by atoms with Crippen LogP contribution in [0.5, 0.6) is 0 Å². The summed E-state index contributed by atoms with van der Waals surface area (Å²) in [6.45, 7) is 2.73. The molecule has 0 unspecified atom stereocenters. The molecule has 3 heteroatoms. The summed E-state index contributed by atoms with van der Waals surface area (Å²) in [5.41, 5.74) is -0.0314. The number of hydrogen-bond donors (Lipinski definition) is 0. The van der Waals surface area contributed by atoms with Gasteiger partial charge >= 0.3 is 0 Å². The SMILES string of the molecule is COCCN(CC1(C=O)CCCC1)C1CC1. The molecule has 0 aromatic rings. The second-order valence-corrected chi connectivity index (χ2v) is 5.38. The molecule has 92 valence electrons. The molecule has 2 aliphatic carbocycles. The summed E-state index contributed by atoms with van der Waals surface area (Å²) in [5, 5.41) is 0. The molecule has 16 heavy (non-hydrogen) atoms. The van der Waals surface area contributed by atoms with Gasteiger partial charge in [-0.05, 0) is 25.7 Å². The molecule has 2 saturated carbocycles. The van der Waals surface area contributed by atoms with Crippen LogP contribution in [0.25, 0.3) is 0 Å². The first kappa shape index (κ1) is 12.1. The van der Waals surface area contributed by atoms with Gasteiger partial charge in [0.2, 0.25) is 0 Å². The van der Waals surface area contributed by atoms with Gasteiger partial charge in [-0.15, -0.1) is 0 Å². The smallest absolute Gasteiger partial charge is 0.127 e. The van der Waals surface area contributed by atoms with Crippen LogP contribution in [-0.4, -0.2) is 44.0 Å². The van der Waals surface area contributed by atoms with Crippen molar-refractivity contribution in [3.8, 4) is 0 Å². The fourth-order valence-electron chi connectivity index (χ4n) is 2.84. The largest absolute Gasteiger partial charge is 0.383 e. The van der Waals surface area contributed by atoms with Gasteiger partial charge in [0.05, 0.1) is 6.61 Å². The topological polar surface area (TPSA) is 29.5 Å². The molecule has 0 bridgehead atoms. The number of nitrogens with zero attached hydrogens (tertiary/aromatic N) is 1. The fourth-order valence-corrected chi connectivity index (χ4v) is 2.84. The molecule has 0 amide bonds. The quantitative estimate of drug-likeness (QED) is 0.619. The minimum absolute atomic E-state index is 0.0314. The maximum absolute atomic E-state index is 11.3. The first-order valence-electron chi connectivity index (χ1n) is 6.49. The Morgan fingerprint density at radius 1 is 1.38 bits per heavy atom. The molecule has 0 saturated heterocycles. The normalized spacial score (nSPS) is 23.9. The number of ether oxygens (including phenoxy) is 1. The van der Waals surface area contributed by atoms with Gasteiger partial charge in [-0.25, -0.2) is 0 Å². The molecule has 3 nitrogen and oxygen atoms in total. The molecule has 0 radical (unpaired) electrons. The predicted octanol–water partition coefficient (Wildman–Crippen LogP) is 1.86. The van der Waals surface area contributed by atoms with Crippen molar-refractivity contribution in [2.24, 2.45) is 5.41 Å². The number of carbonyl (C=O) groups is 1. The number of rotatable bonds is 7. The van der Waals surface area contributed by atoms with Gasteiger partial charge in [-0.1, -0.05) is 12.8 Å². The third-order valence-electron chi connectivity index (χ3n) is 4.01. The molecule has 0 aromatic heterocycles. The minimum Gasteiger partial charge on any atom is -0.383 e. The van der Waals surface area contributed by atoms with Crippen LogP contribution in [-0.2, 0) is 9.53 Å². The van der Waals surface area contributed by atoms with Gasteiger partial charge in [0.15, 0.2) is 0 Å². The number of carbonyl (C=O) groups excluding carboxylic acids is 1. The second-order valence-electron chi connectivity index (χ2n) is 5.38. The highest BCUT2D eigenvalue weighted by Gasteiger charge is 2.39. The molecule has 2 fully saturated rings. The molecule has 2 rings (SSSR count). The number of aldehydes is 1. The summed E-state index contributed by atoms with van der Waals surface area (Å²) >= 11 is 0. The Kier molecular flexibility index (Phi) is 3.98. The van der Waals surface area contributed by atoms with E-state index in [1.165, 1.54) is 32.0 Å². The van der Waals surface area contributed by atoms with E-state index in [2.05, 4.69) is 4.90 Å². The summed E-state index contributed by atoms with van der Waals surface area (Å²) in [7, 11) is 1.75. The molecule has 0 aromatic carbocycles. The van der Waals surface area contributed by atoms with Gasteiger partial charge in [-0.2, -0.15) is 0 Å². The van der Waals surface area contributed by atoms with Crippen molar-refractivity contribution < 1.29 is 9.53 Å². The Morgan fingerprint density at radius 3 is 2.56 bits per heavy atom. The van der Waals surface area contributed by atoms with Crippen molar-refractivity contribution in [1.82, 2.24) is 4.90 Å². The summed E-state index contributed by atoms with van der Waals surface area (Å²) in [5.74, 6) is 0. The van der Waals surface area contributed by atoms with Crippen LogP contribution in [0, 0.1) is 5.41 Å². The lowest BCUT2D eigenvalue weighted by molar-refractivity contribution is -0.117. The molecule has 0 N–H and O–H groups in total. The first-order chi connectivity index (χ1) is 7.79. The van der Waals surface area contributed by atoms with Gasteiger partial charge in [-0.3, -0.25) is 4.90 Å². The standard InChI is InChI=1S/C13H23NO2/c1-16-9-8-14(12-4-5-12)10-13(11-15)6-2-3-7-13/h11-12H,2-10H2,1H3. The van der Waals surface area contributed by atoms with Crippen molar-refractivity contribution in [2.45, 2.75) is 44.6 Å². The van der Waals surface area contributed by atoms with Gasteiger partial charge in [0.25, 0.3) is 0 Å². The van der Waals surface area contributed by atoms with Crippen LogP contribution in [0.2, 0.25) is 0 Å². The fraction of sp³-hybridized carbons (Fsp3) is 0.923. The lowest BCUT2D eigenvalue weighted by atomic mass is 9.87. The number of methoxy groups -OCH3 is 1. The van der Waals surface area contributed by atoms with Crippen LogP contribution in [0.1, 0.15) is 38.5 Å². The van der Waals surface area contributed by atoms with E-state index in [1.807, 2.05) is 0 Å². The van der Waals surface area contributed by atoms with Crippen LogP contribution in [0.3, 0.4) is 0 Å². The van der Waals surface area contributed by atoms with Gasteiger partial charge < -0.3 is 9.53 Å². The third-order valence-corrected chi connectivity index (χ3v) is 4.01. The van der Waals surface area contributed by atoms with Crippen LogP contribution < -0.4 is 0 Å². The monoisotopic (exact) mass is 225 g/mol. The summed E-state index contributed by atoms with van der Waals surface area (Å²) in [6.07, 6.45) is 8.46. The summed E-state index contributed by atoms with van der Waals surface area (Å²) in [6, 6.07) is 0.729. The first-order valence-corrected chi connectivity index (χ1v) is 6.49. The highest BCUT2D eigenvalue weighted by atomic mass is 16.5. The Bertz CT molecular complexity index is 232. The lowest BCUT2D eigenvalue weighted by Crippen LogP contribution is -2.40. The van der Waals surface area contributed by atoms with Crippen molar-refractivity contribution in [1.29, 1.82) is 0 Å². The maximum Gasteiger partial charge on any atom is 0.127 e. The van der Waals surface area contributed by atoms with E-state index in [0.717, 1.165) is 38.6 Å². The highest BCUT2D eigenvalue weighted by molar-refractivity contribution is 5.60. The molecule has 0 aliphatic heterocycles. The van der Waals surface area contributed by atoms with Crippen LogP contribution in [0.4, 0.5) is 0 Å². The van der Waals surface area contributed by atoms with E-state index in [0.29, 0.717) is 0 Å². The predicted molar refractivity (Wildman–Crippen MR) is 63.4 cm³/mol. The minimum atomic E-state index is -0.0314. The maximum atomic E-state index is 11.3. The van der Waals surface area contributed by atoms with E-state index >= 15 is 0 Å². The Labute approximate surface area is 98.1 Å². The van der Waals surface area contributed by atoms with Crippen molar-refractivity contribution in [3.63, 3.8) is 0 Å².